The smallest absolute Gasteiger partial charge is 0.255 e. The lowest BCUT2D eigenvalue weighted by Gasteiger charge is -2.28. The van der Waals surface area contributed by atoms with Gasteiger partial charge in [0.15, 0.2) is 0 Å². The number of hydrogen-bond donors (Lipinski definition) is 1. The van der Waals surface area contributed by atoms with Gasteiger partial charge in [0, 0.05) is 11.2 Å². The van der Waals surface area contributed by atoms with Crippen molar-refractivity contribution < 1.29 is 0 Å². The lowest BCUT2D eigenvalue weighted by Crippen LogP contribution is -2.31. The van der Waals surface area contributed by atoms with E-state index >= 15 is 0 Å². The fourth-order valence-corrected chi connectivity index (χ4v) is 5.94. The van der Waals surface area contributed by atoms with Crippen molar-refractivity contribution in [2.24, 2.45) is 5.92 Å². The van der Waals surface area contributed by atoms with Crippen LogP contribution in [0.3, 0.4) is 0 Å². The van der Waals surface area contributed by atoms with Gasteiger partial charge in [0.25, 0.3) is 5.56 Å². The molecule has 22 heavy (non-hydrogen) atoms. The minimum Gasteiger partial charge on any atom is -0.309 e. The molecule has 1 aromatic rings. The SMILES string of the molecule is CC1CCC2c3c(nc(CN4CCCCC4)[nH]c3=O)SC2C1. The molecular weight excluding hydrogens is 294 g/mol. The van der Waals surface area contributed by atoms with E-state index in [2.05, 4.69) is 16.8 Å². The van der Waals surface area contributed by atoms with Gasteiger partial charge in [-0.05, 0) is 44.7 Å². The number of H-pyrrole nitrogens is 1. The maximum atomic E-state index is 12.6. The predicted octanol–water partition coefficient (Wildman–Crippen LogP) is 3.13. The second-order valence-corrected chi connectivity index (χ2v) is 8.48. The van der Waals surface area contributed by atoms with Crippen LogP contribution >= 0.6 is 11.8 Å². The standard InChI is InChI=1S/C17H25N3OS/c1-11-5-6-12-13(9-11)22-17-15(12)16(21)18-14(19-17)10-20-7-3-2-4-8-20/h11-13H,2-10H2,1H3,(H,18,19,21). The maximum absolute atomic E-state index is 12.6. The van der Waals surface area contributed by atoms with E-state index in [9.17, 15) is 4.79 Å². The van der Waals surface area contributed by atoms with E-state index in [1.54, 1.807) is 0 Å². The summed E-state index contributed by atoms with van der Waals surface area (Å²) in [5.41, 5.74) is 1.12. The predicted molar refractivity (Wildman–Crippen MR) is 89.4 cm³/mol. The zero-order chi connectivity index (χ0) is 15.1. The molecule has 1 saturated heterocycles. The van der Waals surface area contributed by atoms with E-state index in [4.69, 9.17) is 4.98 Å². The molecule has 0 amide bonds. The number of nitrogens with one attached hydrogen (secondary N) is 1. The Morgan fingerprint density at radius 3 is 2.91 bits per heavy atom. The van der Waals surface area contributed by atoms with Gasteiger partial charge in [-0.1, -0.05) is 19.8 Å². The van der Waals surface area contributed by atoms with Gasteiger partial charge in [-0.3, -0.25) is 9.69 Å². The van der Waals surface area contributed by atoms with Gasteiger partial charge in [0.2, 0.25) is 0 Å². The van der Waals surface area contributed by atoms with Gasteiger partial charge in [-0.2, -0.15) is 0 Å². The second-order valence-electron chi connectivity index (χ2n) is 7.25. The van der Waals surface area contributed by atoms with Crippen molar-refractivity contribution in [2.45, 2.75) is 68.2 Å². The quantitative estimate of drug-likeness (QED) is 0.851. The highest BCUT2D eigenvalue weighted by Gasteiger charge is 2.40. The zero-order valence-corrected chi connectivity index (χ0v) is 14.1. The number of fused-ring (bicyclic) bond motifs is 3. The van der Waals surface area contributed by atoms with Crippen molar-refractivity contribution in [3.63, 3.8) is 0 Å². The van der Waals surface area contributed by atoms with E-state index in [0.29, 0.717) is 11.2 Å². The Morgan fingerprint density at radius 1 is 1.27 bits per heavy atom. The van der Waals surface area contributed by atoms with Crippen molar-refractivity contribution in [3.05, 3.63) is 21.7 Å². The Hall–Kier alpha value is -0.810. The normalized spacial score (nSPS) is 31.8. The van der Waals surface area contributed by atoms with Crippen LogP contribution in [-0.4, -0.2) is 33.2 Å². The molecule has 3 unspecified atom stereocenters. The lowest BCUT2D eigenvalue weighted by atomic mass is 9.80. The largest absolute Gasteiger partial charge is 0.309 e. The monoisotopic (exact) mass is 319 g/mol. The highest BCUT2D eigenvalue weighted by Crippen LogP contribution is 2.50. The third-order valence-corrected chi connectivity index (χ3v) is 6.84. The van der Waals surface area contributed by atoms with Gasteiger partial charge in [-0.25, -0.2) is 4.98 Å². The van der Waals surface area contributed by atoms with Crippen LogP contribution in [-0.2, 0) is 6.54 Å². The minimum atomic E-state index is 0.131. The zero-order valence-electron chi connectivity index (χ0n) is 13.3. The second kappa shape index (κ2) is 6.00. The van der Waals surface area contributed by atoms with Crippen LogP contribution in [0.4, 0.5) is 0 Å². The van der Waals surface area contributed by atoms with E-state index in [-0.39, 0.29) is 5.56 Å². The van der Waals surface area contributed by atoms with E-state index in [1.807, 2.05) is 11.8 Å². The minimum absolute atomic E-state index is 0.131. The van der Waals surface area contributed by atoms with Crippen LogP contribution in [0, 0.1) is 5.92 Å². The van der Waals surface area contributed by atoms with Crippen molar-refractivity contribution in [3.8, 4) is 0 Å². The van der Waals surface area contributed by atoms with Crippen LogP contribution in [0.2, 0.25) is 0 Å². The highest BCUT2D eigenvalue weighted by atomic mass is 32.2. The summed E-state index contributed by atoms with van der Waals surface area (Å²) in [6.45, 7) is 5.40. The molecule has 2 fully saturated rings. The van der Waals surface area contributed by atoms with Crippen LogP contribution in [0.5, 0.6) is 0 Å². The van der Waals surface area contributed by atoms with Gasteiger partial charge in [0.1, 0.15) is 10.9 Å². The van der Waals surface area contributed by atoms with Gasteiger partial charge >= 0.3 is 0 Å². The molecule has 1 aromatic heterocycles. The van der Waals surface area contributed by atoms with Crippen molar-refractivity contribution in [2.75, 3.05) is 13.1 Å². The van der Waals surface area contributed by atoms with Gasteiger partial charge in [0.05, 0.1) is 12.1 Å². The number of piperidine rings is 1. The average Bonchev–Trinajstić information content (AvgIpc) is 2.85. The number of aromatic amines is 1. The Bertz CT molecular complexity index is 608. The first-order chi connectivity index (χ1) is 10.7. The fourth-order valence-electron chi connectivity index (χ4n) is 4.26. The van der Waals surface area contributed by atoms with E-state index in [1.165, 1.54) is 32.1 Å². The highest BCUT2D eigenvalue weighted by molar-refractivity contribution is 8.00. The van der Waals surface area contributed by atoms with Crippen molar-refractivity contribution >= 4 is 11.8 Å². The summed E-state index contributed by atoms with van der Waals surface area (Å²) >= 11 is 1.86. The van der Waals surface area contributed by atoms with Crippen molar-refractivity contribution in [1.82, 2.24) is 14.9 Å². The molecule has 2 aliphatic heterocycles. The first-order valence-electron chi connectivity index (χ1n) is 8.73. The van der Waals surface area contributed by atoms with Crippen molar-refractivity contribution in [1.29, 1.82) is 0 Å². The molecular formula is C17H25N3OS. The number of hydrogen-bond acceptors (Lipinski definition) is 4. The molecule has 0 aromatic carbocycles. The summed E-state index contributed by atoms with van der Waals surface area (Å²) < 4.78 is 0. The fraction of sp³-hybridized carbons (Fsp3) is 0.765. The molecule has 1 saturated carbocycles. The molecule has 0 spiro atoms. The molecule has 4 nitrogen and oxygen atoms in total. The Morgan fingerprint density at radius 2 is 2.09 bits per heavy atom. The van der Waals surface area contributed by atoms with Crippen LogP contribution in [0.15, 0.2) is 9.82 Å². The first-order valence-corrected chi connectivity index (χ1v) is 9.61. The summed E-state index contributed by atoms with van der Waals surface area (Å²) in [6, 6.07) is 0. The van der Waals surface area contributed by atoms with Crippen LogP contribution < -0.4 is 5.56 Å². The van der Waals surface area contributed by atoms with Crippen LogP contribution in [0.1, 0.15) is 62.8 Å². The summed E-state index contributed by atoms with van der Waals surface area (Å²) in [7, 11) is 0. The lowest BCUT2D eigenvalue weighted by molar-refractivity contribution is 0.215. The molecule has 0 bridgehead atoms. The molecule has 120 valence electrons. The summed E-state index contributed by atoms with van der Waals surface area (Å²) in [4.78, 5) is 22.9. The molecule has 3 aliphatic rings. The average molecular weight is 319 g/mol. The van der Waals surface area contributed by atoms with Gasteiger partial charge in [-0.15, -0.1) is 11.8 Å². The topological polar surface area (TPSA) is 49.0 Å². The molecule has 3 heterocycles. The number of thioether (sulfide) groups is 1. The summed E-state index contributed by atoms with van der Waals surface area (Å²) in [6.07, 6.45) is 7.50. The summed E-state index contributed by atoms with van der Waals surface area (Å²) in [5.74, 6) is 2.09. The molecule has 5 heteroatoms. The van der Waals surface area contributed by atoms with Gasteiger partial charge < -0.3 is 4.98 Å². The Labute approximate surface area is 136 Å². The molecule has 1 aliphatic carbocycles. The molecule has 3 atom stereocenters. The Kier molecular flexibility index (Phi) is 4.03. The third kappa shape index (κ3) is 2.73. The number of nitrogens with zero attached hydrogens (tertiary/aromatic N) is 2. The first kappa shape index (κ1) is 14.8. The molecule has 0 radical (unpaired) electrons. The number of aromatic nitrogens is 2. The maximum Gasteiger partial charge on any atom is 0.255 e. The van der Waals surface area contributed by atoms with E-state index < -0.39 is 0 Å². The van der Waals surface area contributed by atoms with Crippen LogP contribution in [0.25, 0.3) is 0 Å². The number of likely N-dealkylation sites (tertiary alicyclic amines) is 1. The molecule has 1 N–H and O–H groups in total. The third-order valence-electron chi connectivity index (χ3n) is 5.48. The molecule has 4 rings (SSSR count). The number of rotatable bonds is 2. The summed E-state index contributed by atoms with van der Waals surface area (Å²) in [5, 5.41) is 1.61. The Balaban J connectivity index is 1.57. The van der Waals surface area contributed by atoms with E-state index in [0.717, 1.165) is 48.4 Å².